The van der Waals surface area contributed by atoms with Gasteiger partial charge in [-0.2, -0.15) is 0 Å². The second-order valence-electron chi connectivity index (χ2n) is 8.05. The molecule has 0 radical (unpaired) electrons. The molecule has 0 bridgehead atoms. The predicted octanol–water partition coefficient (Wildman–Crippen LogP) is -3.37. The van der Waals surface area contributed by atoms with Crippen molar-refractivity contribution in [3.63, 3.8) is 0 Å². The fourth-order valence-corrected chi connectivity index (χ4v) is 4.06. The monoisotopic (exact) mass is 604 g/mol. The first-order valence-electron chi connectivity index (χ1n) is 12.2. The Morgan fingerprint density at radius 3 is 1.81 bits per heavy atom. The summed E-state index contributed by atoms with van der Waals surface area (Å²) in [6, 6.07) is 0. The minimum Gasteiger partial charge on any atom is -0.790 e. The number of H-pyrrole nitrogens is 1. The fourth-order valence-electron chi connectivity index (χ4n) is 3.41. The van der Waals surface area contributed by atoms with Crippen LogP contribution in [0.1, 0.15) is 47.8 Å². The van der Waals surface area contributed by atoms with E-state index in [1.165, 1.54) is 39.3 Å². The Hall–Kier alpha value is -0.930. The van der Waals surface area contributed by atoms with Crippen LogP contribution in [0, 0.1) is 0 Å². The van der Waals surface area contributed by atoms with Crippen molar-refractivity contribution < 1.29 is 43.6 Å². The number of aromatic nitrogens is 2. The number of aliphatic hydroxyl groups is 2. The van der Waals surface area contributed by atoms with Crippen molar-refractivity contribution in [2.45, 2.75) is 66.1 Å². The third-order valence-corrected chi connectivity index (χ3v) is 6.96. The first-order valence-corrected chi connectivity index (χ1v) is 14.4. The van der Waals surface area contributed by atoms with Gasteiger partial charge in [-0.05, 0) is 57.5 Å². The van der Waals surface area contributed by atoms with Crippen molar-refractivity contribution >= 4 is 23.8 Å². The standard InChI is InChI=1S/C9H12BrN2O9P.2C6H15N/c10-3-1-12(9(16)11-7(3)15)8-6(14)5(13)4(21-8)2-20-22(17,18)19;2*1-4-7(5-2)6-3/h1,4-6,8,13-14H,2H2,(H,11,15,16)(H2,17,18,19);2*4-6H2,1-3H3/t4-,5-,6-,8-;;/m1../s1. The smallest absolute Gasteiger partial charge is 0.330 e. The molecule has 0 aliphatic carbocycles. The largest absolute Gasteiger partial charge is 0.790 e. The van der Waals surface area contributed by atoms with E-state index in [0.29, 0.717) is 0 Å². The third kappa shape index (κ3) is 12.1. The number of halogens is 1. The summed E-state index contributed by atoms with van der Waals surface area (Å²) >= 11 is 2.89. The van der Waals surface area contributed by atoms with Gasteiger partial charge >= 0.3 is 5.69 Å². The van der Waals surface area contributed by atoms with Crippen LogP contribution in [0.3, 0.4) is 0 Å². The van der Waals surface area contributed by atoms with Gasteiger partial charge in [0, 0.05) is 6.20 Å². The second kappa shape index (κ2) is 17.6. The molecule has 36 heavy (non-hydrogen) atoms. The summed E-state index contributed by atoms with van der Waals surface area (Å²) in [5, 5.41) is 19.6. The third-order valence-electron chi connectivity index (χ3n) is 5.93. The number of phosphoric acid groups is 1. The fraction of sp³-hybridized carbons (Fsp3) is 0.810. The van der Waals surface area contributed by atoms with E-state index in [1.54, 1.807) is 9.80 Å². The average Bonchev–Trinajstić information content (AvgIpc) is 3.11. The Kier molecular flexibility index (Phi) is 17.1. The number of aromatic amines is 1. The molecule has 15 heteroatoms. The van der Waals surface area contributed by atoms with Crippen LogP contribution in [0.4, 0.5) is 0 Å². The summed E-state index contributed by atoms with van der Waals surface area (Å²) in [6.07, 6.45) is -4.93. The van der Waals surface area contributed by atoms with Crippen LogP contribution in [-0.2, 0) is 13.8 Å². The zero-order valence-corrected chi connectivity index (χ0v) is 24.3. The number of phosphoric ester groups is 1. The van der Waals surface area contributed by atoms with Gasteiger partial charge in [-0.3, -0.25) is 14.3 Å². The summed E-state index contributed by atoms with van der Waals surface area (Å²) < 4.78 is 20.3. The highest BCUT2D eigenvalue weighted by molar-refractivity contribution is 9.10. The van der Waals surface area contributed by atoms with E-state index in [1.807, 2.05) is 4.98 Å². The Balaban J connectivity index is 0.000000720. The van der Waals surface area contributed by atoms with E-state index in [0.717, 1.165) is 10.8 Å². The van der Waals surface area contributed by atoms with Crippen molar-refractivity contribution in [2.75, 3.05) is 45.9 Å². The van der Waals surface area contributed by atoms with E-state index < -0.39 is 50.2 Å². The molecule has 212 valence electrons. The van der Waals surface area contributed by atoms with Crippen LogP contribution < -0.4 is 30.8 Å². The lowest BCUT2D eigenvalue weighted by atomic mass is 10.1. The summed E-state index contributed by atoms with van der Waals surface area (Å²) in [6.45, 7) is 20.2. The maximum Gasteiger partial charge on any atom is 0.330 e. The van der Waals surface area contributed by atoms with Crippen molar-refractivity contribution in [3.8, 4) is 0 Å². The Morgan fingerprint density at radius 1 is 1.00 bits per heavy atom. The average molecular weight is 605 g/mol. The van der Waals surface area contributed by atoms with E-state index >= 15 is 0 Å². The summed E-state index contributed by atoms with van der Waals surface area (Å²) in [5.41, 5.74) is -1.61. The number of rotatable bonds is 10. The van der Waals surface area contributed by atoms with Crippen LogP contribution >= 0.6 is 23.8 Å². The van der Waals surface area contributed by atoms with Gasteiger partial charge in [-0.15, -0.1) is 0 Å². The number of aliphatic hydroxyl groups excluding tert-OH is 2. The van der Waals surface area contributed by atoms with Crippen LogP contribution in [0.5, 0.6) is 0 Å². The Labute approximate surface area is 220 Å². The highest BCUT2D eigenvalue weighted by atomic mass is 79.9. The summed E-state index contributed by atoms with van der Waals surface area (Å²) in [7, 11) is -5.28. The number of nitrogens with one attached hydrogen (secondary N) is 3. The number of hydrogen-bond donors (Lipinski definition) is 5. The second-order valence-corrected chi connectivity index (χ2v) is 10.1. The van der Waals surface area contributed by atoms with Crippen molar-refractivity contribution in [3.05, 3.63) is 31.5 Å². The normalized spacial score (nSPS) is 21.7. The van der Waals surface area contributed by atoms with E-state index in [2.05, 4.69) is 62.0 Å². The number of nitrogens with zero attached hydrogens (tertiary/aromatic N) is 1. The highest BCUT2D eigenvalue weighted by Crippen LogP contribution is 2.32. The molecule has 0 amide bonds. The lowest BCUT2D eigenvalue weighted by Gasteiger charge is -2.30. The van der Waals surface area contributed by atoms with Gasteiger partial charge in [0.15, 0.2) is 6.23 Å². The van der Waals surface area contributed by atoms with E-state index in [4.69, 9.17) is 4.74 Å². The van der Waals surface area contributed by atoms with Crippen LogP contribution in [0.25, 0.3) is 0 Å². The van der Waals surface area contributed by atoms with Gasteiger partial charge in [0.1, 0.15) is 18.3 Å². The van der Waals surface area contributed by atoms with Gasteiger partial charge < -0.3 is 43.6 Å². The molecule has 0 unspecified atom stereocenters. The Morgan fingerprint density at radius 2 is 1.44 bits per heavy atom. The first-order chi connectivity index (χ1) is 16.8. The number of quaternary nitrogens is 2. The molecule has 5 N–H and O–H groups in total. The summed E-state index contributed by atoms with van der Waals surface area (Å²) in [5.74, 6) is 0. The van der Waals surface area contributed by atoms with Crippen LogP contribution in [-0.4, -0.2) is 84.0 Å². The van der Waals surface area contributed by atoms with Crippen molar-refractivity contribution in [2.24, 2.45) is 0 Å². The molecule has 1 saturated heterocycles. The van der Waals surface area contributed by atoms with Crippen molar-refractivity contribution in [1.82, 2.24) is 9.55 Å². The quantitative estimate of drug-likeness (QED) is 0.170. The maximum atomic E-state index is 11.7. The molecular formula is C21H42BrN4O9P. The molecule has 1 aromatic heterocycles. The molecule has 13 nitrogen and oxygen atoms in total. The maximum absolute atomic E-state index is 11.7. The molecule has 0 aromatic carbocycles. The summed E-state index contributed by atoms with van der Waals surface area (Å²) in [4.78, 5) is 49.1. The molecule has 4 atom stereocenters. The molecule has 2 heterocycles. The van der Waals surface area contributed by atoms with E-state index in [9.17, 15) is 34.2 Å². The Bertz CT molecular complexity index is 879. The topological polar surface area (TPSA) is 186 Å². The van der Waals surface area contributed by atoms with Gasteiger partial charge in [0.2, 0.25) is 0 Å². The molecule has 1 aromatic rings. The van der Waals surface area contributed by atoms with Gasteiger partial charge in [-0.1, -0.05) is 0 Å². The first kappa shape index (κ1) is 35.1. The lowest BCUT2D eigenvalue weighted by molar-refractivity contribution is -0.894. The van der Waals surface area contributed by atoms with Gasteiger partial charge in [-0.25, -0.2) is 4.79 Å². The van der Waals surface area contributed by atoms with Gasteiger partial charge in [0.25, 0.3) is 5.56 Å². The highest BCUT2D eigenvalue weighted by Gasteiger charge is 2.44. The van der Waals surface area contributed by atoms with Gasteiger partial charge in [0.05, 0.1) is 58.2 Å². The number of ether oxygens (including phenoxy) is 1. The molecule has 0 saturated carbocycles. The molecule has 1 aliphatic heterocycles. The van der Waals surface area contributed by atoms with Crippen LogP contribution in [0.2, 0.25) is 0 Å². The minimum absolute atomic E-state index is 0.0271. The molecule has 1 aliphatic rings. The molecular weight excluding hydrogens is 563 g/mol. The lowest BCUT2D eigenvalue weighted by Crippen LogP contribution is -3.11. The molecule has 1 fully saturated rings. The number of hydrogen-bond acceptors (Lipinski definition) is 9. The zero-order chi connectivity index (χ0) is 28.1. The van der Waals surface area contributed by atoms with Crippen LogP contribution in [0.15, 0.2) is 20.3 Å². The predicted molar refractivity (Wildman–Crippen MR) is 134 cm³/mol. The molecule has 0 spiro atoms. The van der Waals surface area contributed by atoms with Crippen molar-refractivity contribution in [1.29, 1.82) is 0 Å². The van der Waals surface area contributed by atoms with E-state index in [-0.39, 0.29) is 4.47 Å². The zero-order valence-electron chi connectivity index (χ0n) is 21.9. The molecule has 2 rings (SSSR count). The SMILES string of the molecule is CC[NH+](CC)CC.CC[NH+](CC)CC.O=c1[nH]c(=O)n([C@@H]2O[C@H](COP(=O)([O-])[O-])[C@@H](O)[C@H]2O)cc1Br. The minimum atomic E-state index is -5.28.